The van der Waals surface area contributed by atoms with Gasteiger partial charge in [0.25, 0.3) is 0 Å². The summed E-state index contributed by atoms with van der Waals surface area (Å²) in [6, 6.07) is 3.80. The summed E-state index contributed by atoms with van der Waals surface area (Å²) < 4.78 is 5.09. The lowest BCUT2D eigenvalue weighted by molar-refractivity contribution is 0.415. The Balaban J connectivity index is 2.78. The summed E-state index contributed by atoms with van der Waals surface area (Å²) in [5.41, 5.74) is 6.62. The molecule has 0 aliphatic rings. The highest BCUT2D eigenvalue weighted by Gasteiger charge is 2.11. The number of hydrogen-bond acceptors (Lipinski definition) is 2. The van der Waals surface area contributed by atoms with E-state index in [2.05, 4.69) is 6.92 Å². The number of aryl methyl sites for hydroxylation is 1. The Bertz CT molecular complexity index is 355. The second kappa shape index (κ2) is 6.33. The maximum atomic E-state index is 6.16. The Kier molecular flexibility index (Phi) is 5.39. The van der Waals surface area contributed by atoms with E-state index in [0.717, 1.165) is 18.4 Å². The Morgan fingerprint density at radius 3 is 2.56 bits per heavy atom. The molecule has 0 saturated heterocycles. The molecule has 2 N–H and O–H groups in total. The number of halogens is 2. The molecular formula is C12H17Cl2NO. The van der Waals surface area contributed by atoms with Gasteiger partial charge in [-0.25, -0.2) is 0 Å². The number of methoxy groups -OCH3 is 1. The van der Waals surface area contributed by atoms with E-state index in [1.807, 2.05) is 12.1 Å². The molecule has 2 nitrogen and oxygen atoms in total. The van der Waals surface area contributed by atoms with Crippen LogP contribution in [0.4, 0.5) is 0 Å². The first-order valence-corrected chi connectivity index (χ1v) is 6.06. The molecule has 0 aliphatic carbocycles. The zero-order valence-corrected chi connectivity index (χ0v) is 11.1. The molecule has 90 valence electrons. The minimum Gasteiger partial charge on any atom is -0.495 e. The van der Waals surface area contributed by atoms with Crippen molar-refractivity contribution in [3.05, 3.63) is 27.7 Å². The van der Waals surface area contributed by atoms with Gasteiger partial charge in [0.05, 0.1) is 12.1 Å². The van der Waals surface area contributed by atoms with Gasteiger partial charge >= 0.3 is 0 Å². The van der Waals surface area contributed by atoms with Crippen LogP contribution in [0.25, 0.3) is 0 Å². The van der Waals surface area contributed by atoms with Crippen molar-refractivity contribution in [2.24, 2.45) is 11.7 Å². The van der Waals surface area contributed by atoms with Gasteiger partial charge in [-0.05, 0) is 36.9 Å². The average Bonchev–Trinajstić information content (AvgIpc) is 2.30. The summed E-state index contributed by atoms with van der Waals surface area (Å²) in [6.45, 7) is 2.82. The van der Waals surface area contributed by atoms with Gasteiger partial charge in [-0.15, -0.1) is 0 Å². The number of benzene rings is 1. The molecule has 16 heavy (non-hydrogen) atoms. The monoisotopic (exact) mass is 261 g/mol. The Morgan fingerprint density at radius 1 is 1.31 bits per heavy atom. The van der Waals surface area contributed by atoms with Crippen LogP contribution in [0.2, 0.25) is 10.0 Å². The molecule has 0 aromatic heterocycles. The van der Waals surface area contributed by atoms with Crippen molar-refractivity contribution in [2.75, 3.05) is 13.7 Å². The van der Waals surface area contributed by atoms with E-state index in [0.29, 0.717) is 28.3 Å². The molecular weight excluding hydrogens is 245 g/mol. The van der Waals surface area contributed by atoms with Crippen molar-refractivity contribution in [3.63, 3.8) is 0 Å². The van der Waals surface area contributed by atoms with Gasteiger partial charge in [-0.3, -0.25) is 0 Å². The van der Waals surface area contributed by atoms with Crippen LogP contribution >= 0.6 is 23.2 Å². The third kappa shape index (κ3) is 3.27. The third-order valence-corrected chi connectivity index (χ3v) is 3.56. The number of rotatable bonds is 5. The highest BCUT2D eigenvalue weighted by molar-refractivity contribution is 6.43. The first kappa shape index (κ1) is 13.6. The van der Waals surface area contributed by atoms with Gasteiger partial charge < -0.3 is 10.5 Å². The van der Waals surface area contributed by atoms with Gasteiger partial charge in [-0.2, -0.15) is 0 Å². The summed E-state index contributed by atoms with van der Waals surface area (Å²) in [4.78, 5) is 0. The van der Waals surface area contributed by atoms with Crippen LogP contribution in [0.15, 0.2) is 12.1 Å². The molecule has 4 heteroatoms. The normalized spacial score (nSPS) is 12.6. The predicted octanol–water partition coefficient (Wildman–Crippen LogP) is 3.53. The van der Waals surface area contributed by atoms with Crippen molar-refractivity contribution in [1.29, 1.82) is 0 Å². The summed E-state index contributed by atoms with van der Waals surface area (Å²) in [5, 5.41) is 1.08. The summed E-state index contributed by atoms with van der Waals surface area (Å²) >= 11 is 12.2. The Hall–Kier alpha value is -0.440. The smallest absolute Gasteiger partial charge is 0.138 e. The van der Waals surface area contributed by atoms with Crippen LogP contribution in [-0.2, 0) is 6.42 Å². The lowest BCUT2D eigenvalue weighted by atomic mass is 10.0. The lowest BCUT2D eigenvalue weighted by Crippen LogP contribution is -2.11. The van der Waals surface area contributed by atoms with Gasteiger partial charge in [0, 0.05) is 0 Å². The molecule has 1 aromatic rings. The van der Waals surface area contributed by atoms with Crippen molar-refractivity contribution in [3.8, 4) is 5.75 Å². The Morgan fingerprint density at radius 2 is 2.00 bits per heavy atom. The fourth-order valence-corrected chi connectivity index (χ4v) is 1.95. The quantitative estimate of drug-likeness (QED) is 0.881. The molecule has 0 aliphatic heterocycles. The van der Waals surface area contributed by atoms with Gasteiger partial charge in [0.15, 0.2) is 0 Å². The van der Waals surface area contributed by atoms with E-state index >= 15 is 0 Å². The molecule has 0 amide bonds. The van der Waals surface area contributed by atoms with Crippen LogP contribution in [0, 0.1) is 5.92 Å². The van der Waals surface area contributed by atoms with Crippen LogP contribution in [0.5, 0.6) is 5.75 Å². The molecule has 1 aromatic carbocycles. The topological polar surface area (TPSA) is 35.2 Å². The van der Waals surface area contributed by atoms with E-state index in [1.165, 1.54) is 0 Å². The van der Waals surface area contributed by atoms with Crippen molar-refractivity contribution in [1.82, 2.24) is 0 Å². The van der Waals surface area contributed by atoms with Crippen LogP contribution in [0.3, 0.4) is 0 Å². The first-order valence-electron chi connectivity index (χ1n) is 5.31. The zero-order valence-electron chi connectivity index (χ0n) is 9.59. The van der Waals surface area contributed by atoms with E-state index in [-0.39, 0.29) is 0 Å². The molecule has 1 unspecified atom stereocenters. The highest BCUT2D eigenvalue weighted by Crippen LogP contribution is 2.35. The fourth-order valence-electron chi connectivity index (χ4n) is 1.44. The maximum Gasteiger partial charge on any atom is 0.138 e. The largest absolute Gasteiger partial charge is 0.495 e. The molecule has 0 bridgehead atoms. The molecule has 0 fully saturated rings. The van der Waals surface area contributed by atoms with E-state index in [9.17, 15) is 0 Å². The predicted molar refractivity (Wildman–Crippen MR) is 69.6 cm³/mol. The van der Waals surface area contributed by atoms with Crippen molar-refractivity contribution in [2.45, 2.75) is 19.8 Å². The molecule has 1 rings (SSSR count). The van der Waals surface area contributed by atoms with Crippen molar-refractivity contribution < 1.29 is 4.74 Å². The molecule has 0 spiro atoms. The number of hydrogen-bond donors (Lipinski definition) is 1. The van der Waals surface area contributed by atoms with Gasteiger partial charge in [0.2, 0.25) is 0 Å². The second-order valence-corrected chi connectivity index (χ2v) is 4.69. The summed E-state index contributed by atoms with van der Waals surface area (Å²) in [7, 11) is 1.58. The fraction of sp³-hybridized carbons (Fsp3) is 0.500. The molecule has 0 saturated carbocycles. The minimum absolute atomic E-state index is 0.488. The highest BCUT2D eigenvalue weighted by atomic mass is 35.5. The van der Waals surface area contributed by atoms with Crippen molar-refractivity contribution >= 4 is 23.2 Å². The van der Waals surface area contributed by atoms with Gasteiger partial charge in [-0.1, -0.05) is 36.2 Å². The number of ether oxygens (including phenoxy) is 1. The van der Waals surface area contributed by atoms with E-state index in [4.69, 9.17) is 33.7 Å². The minimum atomic E-state index is 0.488. The molecule has 0 heterocycles. The van der Waals surface area contributed by atoms with Gasteiger partial charge in [0.1, 0.15) is 10.8 Å². The van der Waals surface area contributed by atoms with Crippen LogP contribution < -0.4 is 10.5 Å². The number of nitrogens with two attached hydrogens (primary N) is 1. The van der Waals surface area contributed by atoms with Crippen LogP contribution in [0.1, 0.15) is 18.9 Å². The Labute approximate surface area is 107 Å². The third-order valence-electron chi connectivity index (χ3n) is 2.66. The summed E-state index contributed by atoms with van der Waals surface area (Å²) in [5.74, 6) is 1.11. The maximum absolute atomic E-state index is 6.16. The molecule has 0 radical (unpaired) electrons. The average molecular weight is 262 g/mol. The molecule has 1 atom stereocenters. The zero-order chi connectivity index (χ0) is 12.1. The SMILES string of the molecule is COc1ccc(CCC(C)CN)c(Cl)c1Cl. The standard InChI is InChI=1S/C12H17Cl2NO/c1-8(7-15)3-4-9-5-6-10(16-2)12(14)11(9)13/h5-6,8H,3-4,7,15H2,1-2H3. The lowest BCUT2D eigenvalue weighted by Gasteiger charge is -2.11. The van der Waals surface area contributed by atoms with E-state index in [1.54, 1.807) is 7.11 Å². The summed E-state index contributed by atoms with van der Waals surface area (Å²) in [6.07, 6.45) is 1.90. The van der Waals surface area contributed by atoms with Crippen LogP contribution in [-0.4, -0.2) is 13.7 Å². The van der Waals surface area contributed by atoms with E-state index < -0.39 is 0 Å². The second-order valence-electron chi connectivity index (χ2n) is 3.93. The first-order chi connectivity index (χ1) is 7.60.